The largest absolute Gasteiger partial charge is 0.489 e. The van der Waals surface area contributed by atoms with Crippen LogP contribution in [-0.2, 0) is 4.79 Å². The maximum absolute atomic E-state index is 13.1. The molecule has 6 heteroatoms. The lowest BCUT2D eigenvalue weighted by Gasteiger charge is -2.39. The van der Waals surface area contributed by atoms with Crippen LogP contribution < -0.4 is 9.64 Å². The van der Waals surface area contributed by atoms with E-state index in [-0.39, 0.29) is 18.6 Å². The molecule has 1 aliphatic rings. The van der Waals surface area contributed by atoms with E-state index >= 15 is 0 Å². The van der Waals surface area contributed by atoms with Crippen molar-refractivity contribution in [1.29, 1.82) is 0 Å². The topological polar surface area (TPSA) is 70.1 Å². The first kappa shape index (κ1) is 17.1. The Kier molecular flexibility index (Phi) is 4.54. The van der Waals surface area contributed by atoms with Crippen LogP contribution in [0.4, 0.5) is 10.5 Å². The molecule has 1 aromatic rings. The van der Waals surface area contributed by atoms with Crippen LogP contribution in [0.2, 0.25) is 0 Å². The summed E-state index contributed by atoms with van der Waals surface area (Å²) in [6.45, 7) is 9.12. The molecule has 1 atom stereocenters. The summed E-state index contributed by atoms with van der Waals surface area (Å²) in [5.74, 6) is 0.332. The number of ether oxygens (including phenoxy) is 1. The lowest BCUT2D eigenvalue weighted by Crippen LogP contribution is -2.59. The molecule has 0 radical (unpaired) electrons. The second-order valence-electron chi connectivity index (χ2n) is 6.92. The predicted molar refractivity (Wildman–Crippen MR) is 88.0 cm³/mol. The molecule has 1 N–H and O–H groups in total. The van der Waals surface area contributed by atoms with Crippen LogP contribution in [-0.4, -0.2) is 46.2 Å². The van der Waals surface area contributed by atoms with Gasteiger partial charge in [-0.15, -0.1) is 0 Å². The van der Waals surface area contributed by atoms with E-state index in [0.29, 0.717) is 11.4 Å². The Morgan fingerprint density at radius 3 is 2.48 bits per heavy atom. The van der Waals surface area contributed by atoms with Gasteiger partial charge in [0.25, 0.3) is 5.91 Å². The zero-order valence-corrected chi connectivity index (χ0v) is 14.2. The Balaban J connectivity index is 2.50. The predicted octanol–water partition coefficient (Wildman–Crippen LogP) is 2.97. The van der Waals surface area contributed by atoms with Crippen molar-refractivity contribution in [3.8, 4) is 5.75 Å². The zero-order chi connectivity index (χ0) is 17.4. The summed E-state index contributed by atoms with van der Waals surface area (Å²) in [6, 6.07) is 6.29. The van der Waals surface area contributed by atoms with E-state index in [4.69, 9.17) is 4.74 Å². The van der Waals surface area contributed by atoms with Gasteiger partial charge in [-0.1, -0.05) is 12.1 Å². The van der Waals surface area contributed by atoms with Crippen molar-refractivity contribution in [2.75, 3.05) is 11.5 Å². The molecule has 0 saturated heterocycles. The summed E-state index contributed by atoms with van der Waals surface area (Å²) in [7, 11) is 0. The summed E-state index contributed by atoms with van der Waals surface area (Å²) < 4.78 is 5.77. The molecule has 126 valence electrons. The molecule has 6 nitrogen and oxygen atoms in total. The van der Waals surface area contributed by atoms with E-state index < -0.39 is 17.7 Å². The third-order valence-electron chi connectivity index (χ3n) is 3.80. The van der Waals surface area contributed by atoms with Gasteiger partial charge in [-0.2, -0.15) is 0 Å². The van der Waals surface area contributed by atoms with Crippen LogP contribution in [0.3, 0.4) is 0 Å². The van der Waals surface area contributed by atoms with Crippen molar-refractivity contribution in [2.45, 2.75) is 52.2 Å². The Morgan fingerprint density at radius 1 is 1.35 bits per heavy atom. The van der Waals surface area contributed by atoms with Gasteiger partial charge in [0.15, 0.2) is 0 Å². The molecule has 0 fully saturated rings. The SMILES string of the molecule is CC(C)N1C(=O)[C@@H](N(C(=O)O)C(C)(C)C)COc2ccccc21. The van der Waals surface area contributed by atoms with Gasteiger partial charge >= 0.3 is 6.09 Å². The van der Waals surface area contributed by atoms with Gasteiger partial charge in [-0.25, -0.2) is 4.79 Å². The number of carboxylic acid groups (broad SMARTS) is 1. The highest BCUT2D eigenvalue weighted by molar-refractivity contribution is 6.01. The Labute approximate surface area is 136 Å². The molecule has 2 rings (SSSR count). The van der Waals surface area contributed by atoms with Crippen molar-refractivity contribution in [1.82, 2.24) is 4.90 Å². The normalized spacial score (nSPS) is 18.3. The number of benzene rings is 1. The number of fused-ring (bicyclic) bond motifs is 1. The first-order chi connectivity index (χ1) is 10.6. The number of amides is 2. The van der Waals surface area contributed by atoms with E-state index in [2.05, 4.69) is 0 Å². The Hall–Kier alpha value is -2.24. The van der Waals surface area contributed by atoms with Gasteiger partial charge in [0.1, 0.15) is 18.4 Å². The summed E-state index contributed by atoms with van der Waals surface area (Å²) in [5, 5.41) is 9.61. The van der Waals surface area contributed by atoms with E-state index in [0.717, 1.165) is 0 Å². The molecule has 0 aromatic heterocycles. The van der Waals surface area contributed by atoms with Crippen molar-refractivity contribution >= 4 is 17.7 Å². The summed E-state index contributed by atoms with van der Waals surface area (Å²) in [4.78, 5) is 27.6. The average Bonchev–Trinajstić information content (AvgIpc) is 2.55. The van der Waals surface area contributed by atoms with Crippen LogP contribution in [0, 0.1) is 0 Å². The minimum Gasteiger partial charge on any atom is -0.489 e. The number of hydrogen-bond acceptors (Lipinski definition) is 3. The van der Waals surface area contributed by atoms with Crippen molar-refractivity contribution < 1.29 is 19.4 Å². The van der Waals surface area contributed by atoms with E-state index in [1.54, 1.807) is 31.7 Å². The number of nitrogens with zero attached hydrogens (tertiary/aromatic N) is 2. The minimum absolute atomic E-state index is 0.00262. The van der Waals surface area contributed by atoms with Crippen molar-refractivity contribution in [3.63, 3.8) is 0 Å². The highest BCUT2D eigenvalue weighted by Crippen LogP contribution is 2.34. The van der Waals surface area contributed by atoms with Crippen LogP contribution in [0.25, 0.3) is 0 Å². The molecule has 0 spiro atoms. The van der Waals surface area contributed by atoms with Gasteiger partial charge in [0.05, 0.1) is 5.69 Å². The standard InChI is InChI=1S/C17H24N2O4/c1-11(2)18-12-8-6-7-9-14(12)23-10-13(15(18)20)19(16(21)22)17(3,4)5/h6-9,11,13H,10H2,1-5H3,(H,21,22)/t13-/m0/s1. The highest BCUT2D eigenvalue weighted by Gasteiger charge is 2.42. The number of hydrogen-bond donors (Lipinski definition) is 1. The van der Waals surface area contributed by atoms with Crippen molar-refractivity contribution in [2.24, 2.45) is 0 Å². The van der Waals surface area contributed by atoms with Gasteiger partial charge < -0.3 is 14.7 Å². The first-order valence-electron chi connectivity index (χ1n) is 7.71. The molecule has 2 amide bonds. The second kappa shape index (κ2) is 6.10. The fraction of sp³-hybridized carbons (Fsp3) is 0.529. The van der Waals surface area contributed by atoms with Gasteiger partial charge in [0.2, 0.25) is 0 Å². The molecule has 1 heterocycles. The van der Waals surface area contributed by atoms with Gasteiger partial charge in [0, 0.05) is 11.6 Å². The molecule has 1 aliphatic heterocycles. The molecule has 0 aliphatic carbocycles. The lowest BCUT2D eigenvalue weighted by atomic mass is 10.0. The third-order valence-corrected chi connectivity index (χ3v) is 3.80. The molecule has 23 heavy (non-hydrogen) atoms. The number of anilines is 1. The summed E-state index contributed by atoms with van der Waals surface area (Å²) in [6.07, 6.45) is -1.13. The smallest absolute Gasteiger partial charge is 0.408 e. The van der Waals surface area contributed by atoms with Gasteiger partial charge in [-0.05, 0) is 46.8 Å². The number of para-hydroxylation sites is 2. The quantitative estimate of drug-likeness (QED) is 0.909. The summed E-state index contributed by atoms with van der Waals surface area (Å²) >= 11 is 0. The summed E-state index contributed by atoms with van der Waals surface area (Å²) in [5.41, 5.74) is -0.0384. The second-order valence-corrected chi connectivity index (χ2v) is 6.92. The first-order valence-corrected chi connectivity index (χ1v) is 7.71. The number of rotatable bonds is 2. The maximum Gasteiger partial charge on any atom is 0.408 e. The van der Waals surface area contributed by atoms with E-state index in [1.807, 2.05) is 32.0 Å². The molecule has 0 bridgehead atoms. The Morgan fingerprint density at radius 2 is 1.96 bits per heavy atom. The zero-order valence-electron chi connectivity index (χ0n) is 14.2. The highest BCUT2D eigenvalue weighted by atomic mass is 16.5. The molecule has 1 aromatic carbocycles. The van der Waals surface area contributed by atoms with Crippen LogP contribution in [0.5, 0.6) is 5.75 Å². The fourth-order valence-corrected chi connectivity index (χ4v) is 2.90. The molecule has 0 unspecified atom stereocenters. The van der Waals surface area contributed by atoms with E-state index in [9.17, 15) is 14.7 Å². The number of carbonyl (C=O) groups is 2. The average molecular weight is 320 g/mol. The van der Waals surface area contributed by atoms with Gasteiger partial charge in [-0.3, -0.25) is 9.69 Å². The maximum atomic E-state index is 13.1. The third kappa shape index (κ3) is 3.25. The monoisotopic (exact) mass is 320 g/mol. The lowest BCUT2D eigenvalue weighted by molar-refractivity contribution is -0.126. The fourth-order valence-electron chi connectivity index (χ4n) is 2.90. The molecular formula is C17H24N2O4. The van der Waals surface area contributed by atoms with Crippen molar-refractivity contribution in [3.05, 3.63) is 24.3 Å². The molecular weight excluding hydrogens is 296 g/mol. The minimum atomic E-state index is -1.13. The van der Waals surface area contributed by atoms with Crippen LogP contribution in [0.15, 0.2) is 24.3 Å². The Bertz CT molecular complexity index is 607. The number of carbonyl (C=O) groups excluding carboxylic acids is 1. The van der Waals surface area contributed by atoms with E-state index in [1.165, 1.54) is 4.90 Å². The van der Waals surface area contributed by atoms with Crippen LogP contribution in [0.1, 0.15) is 34.6 Å². The van der Waals surface area contributed by atoms with Crippen LogP contribution >= 0.6 is 0 Å². The molecule has 0 saturated carbocycles.